The zero-order chi connectivity index (χ0) is 26.9. The standard InChI is InChI=1S/C29H29NO7/c1-27-12-17-16(9-8-15-6-4-3-5-7-15)10-11-18(31)20(17)23(33)22(27)25(35)29(37)24(34)21(26(30)36)19(32)13-28(29,2)14-27/h3-7,10-11,31,33-34,37H,8-9,12-14H2,1-2H3,(H2,30,36)/t27-,28+,29+/m0/s1. The van der Waals surface area contributed by atoms with E-state index in [-0.39, 0.29) is 36.1 Å². The van der Waals surface area contributed by atoms with E-state index in [1.807, 2.05) is 30.3 Å². The fourth-order valence-corrected chi connectivity index (χ4v) is 6.76. The third-order valence-corrected chi connectivity index (χ3v) is 8.42. The van der Waals surface area contributed by atoms with Gasteiger partial charge in [-0.25, -0.2) is 0 Å². The number of nitrogens with two attached hydrogens (primary N) is 1. The van der Waals surface area contributed by atoms with E-state index in [9.17, 15) is 34.8 Å². The van der Waals surface area contributed by atoms with Crippen molar-refractivity contribution in [2.75, 3.05) is 0 Å². The summed E-state index contributed by atoms with van der Waals surface area (Å²) in [7, 11) is 0. The third-order valence-electron chi connectivity index (χ3n) is 8.42. The number of Topliss-reactive ketones (excluding diaryl/α,β-unsaturated/α-hetero) is 2. The molecule has 2 aromatic carbocycles. The normalized spacial score (nSPS) is 29.1. The molecule has 1 amide bonds. The summed E-state index contributed by atoms with van der Waals surface area (Å²) in [4.78, 5) is 38.6. The molecule has 1 saturated carbocycles. The molecule has 6 N–H and O–H groups in total. The number of hydrogen-bond acceptors (Lipinski definition) is 7. The van der Waals surface area contributed by atoms with Crippen molar-refractivity contribution in [2.24, 2.45) is 16.6 Å². The quantitative estimate of drug-likeness (QED) is 0.401. The number of phenols is 1. The Labute approximate surface area is 213 Å². The molecule has 0 bridgehead atoms. The van der Waals surface area contributed by atoms with Crippen LogP contribution < -0.4 is 5.73 Å². The van der Waals surface area contributed by atoms with E-state index < -0.39 is 51.0 Å². The third kappa shape index (κ3) is 3.35. The van der Waals surface area contributed by atoms with Crippen molar-refractivity contribution in [1.82, 2.24) is 0 Å². The molecule has 1 fully saturated rings. The number of amides is 1. The Morgan fingerprint density at radius 3 is 2.30 bits per heavy atom. The highest BCUT2D eigenvalue weighted by atomic mass is 16.3. The molecule has 0 heterocycles. The van der Waals surface area contributed by atoms with Crippen molar-refractivity contribution in [1.29, 1.82) is 0 Å². The molecule has 3 aliphatic carbocycles. The van der Waals surface area contributed by atoms with Gasteiger partial charge in [0.15, 0.2) is 11.4 Å². The van der Waals surface area contributed by atoms with Crippen LogP contribution in [0.1, 0.15) is 48.9 Å². The topological polar surface area (TPSA) is 158 Å². The number of aryl methyl sites for hydroxylation is 2. The lowest BCUT2D eigenvalue weighted by Gasteiger charge is -2.56. The second kappa shape index (κ2) is 8.05. The fraction of sp³-hybridized carbons (Fsp3) is 0.345. The van der Waals surface area contributed by atoms with Crippen molar-refractivity contribution >= 4 is 23.2 Å². The number of phenolic OH excluding ortho intramolecular Hbond substituents is 1. The summed E-state index contributed by atoms with van der Waals surface area (Å²) in [5.74, 6) is -4.78. The van der Waals surface area contributed by atoms with Crippen molar-refractivity contribution in [2.45, 2.75) is 51.6 Å². The number of aliphatic hydroxyl groups excluding tert-OH is 2. The zero-order valence-electron chi connectivity index (χ0n) is 20.7. The number of carbonyl (C=O) groups is 3. The summed E-state index contributed by atoms with van der Waals surface area (Å²) in [5.41, 5.74) is 2.05. The van der Waals surface area contributed by atoms with Gasteiger partial charge < -0.3 is 26.2 Å². The molecule has 0 saturated heterocycles. The highest BCUT2D eigenvalue weighted by Gasteiger charge is 2.68. The Balaban J connectivity index is 1.67. The Hall–Kier alpha value is -3.91. The molecule has 0 aromatic heterocycles. The lowest BCUT2D eigenvalue weighted by molar-refractivity contribution is -0.165. The van der Waals surface area contributed by atoms with Gasteiger partial charge in [-0.2, -0.15) is 0 Å². The first-order valence-corrected chi connectivity index (χ1v) is 12.2. The second-order valence-electron chi connectivity index (χ2n) is 11.0. The predicted molar refractivity (Wildman–Crippen MR) is 134 cm³/mol. The lowest BCUT2D eigenvalue weighted by atomic mass is 9.47. The van der Waals surface area contributed by atoms with Gasteiger partial charge in [0.2, 0.25) is 5.78 Å². The number of fused-ring (bicyclic) bond motifs is 3. The number of ketones is 2. The molecule has 0 spiro atoms. The van der Waals surface area contributed by atoms with Gasteiger partial charge in [0.1, 0.15) is 22.8 Å². The van der Waals surface area contributed by atoms with Crippen molar-refractivity contribution < 1.29 is 34.8 Å². The maximum Gasteiger partial charge on any atom is 0.255 e. The summed E-state index contributed by atoms with van der Waals surface area (Å²) in [6.07, 6.45) is 1.29. The van der Waals surface area contributed by atoms with Crippen LogP contribution in [0.4, 0.5) is 0 Å². The van der Waals surface area contributed by atoms with Crippen molar-refractivity contribution in [3.05, 3.63) is 81.6 Å². The highest BCUT2D eigenvalue weighted by molar-refractivity contribution is 6.23. The van der Waals surface area contributed by atoms with Gasteiger partial charge in [-0.15, -0.1) is 0 Å². The number of hydrogen-bond donors (Lipinski definition) is 5. The predicted octanol–water partition coefficient (Wildman–Crippen LogP) is 2.99. The summed E-state index contributed by atoms with van der Waals surface area (Å²) in [6, 6.07) is 13.2. The number of benzene rings is 2. The number of rotatable bonds is 4. The van der Waals surface area contributed by atoms with Gasteiger partial charge in [-0.1, -0.05) is 50.2 Å². The molecule has 37 heavy (non-hydrogen) atoms. The fourth-order valence-electron chi connectivity index (χ4n) is 6.76. The maximum absolute atomic E-state index is 13.9. The van der Waals surface area contributed by atoms with E-state index >= 15 is 0 Å². The number of primary amides is 1. The van der Waals surface area contributed by atoms with E-state index in [1.54, 1.807) is 13.0 Å². The van der Waals surface area contributed by atoms with Crippen LogP contribution in [0.15, 0.2) is 59.4 Å². The largest absolute Gasteiger partial charge is 0.508 e. The van der Waals surface area contributed by atoms with E-state index in [4.69, 9.17) is 5.73 Å². The first kappa shape index (κ1) is 24.8. The smallest absolute Gasteiger partial charge is 0.255 e. The van der Waals surface area contributed by atoms with Crippen LogP contribution in [0, 0.1) is 10.8 Å². The molecule has 8 nitrogen and oxygen atoms in total. The Kier molecular flexibility index (Phi) is 5.39. The molecule has 3 atom stereocenters. The van der Waals surface area contributed by atoms with Crippen LogP contribution in [0.5, 0.6) is 5.75 Å². The summed E-state index contributed by atoms with van der Waals surface area (Å²) in [5, 5.41) is 44.6. The molecule has 5 rings (SSSR count). The monoisotopic (exact) mass is 503 g/mol. The van der Waals surface area contributed by atoms with Crippen molar-refractivity contribution in [3.63, 3.8) is 0 Å². The van der Waals surface area contributed by atoms with E-state index in [2.05, 4.69) is 0 Å². The molecular weight excluding hydrogens is 474 g/mol. The minimum Gasteiger partial charge on any atom is -0.508 e. The van der Waals surface area contributed by atoms with Crippen LogP contribution in [0.2, 0.25) is 0 Å². The Bertz CT molecular complexity index is 1440. The Morgan fingerprint density at radius 2 is 1.65 bits per heavy atom. The zero-order valence-corrected chi connectivity index (χ0v) is 20.7. The van der Waals surface area contributed by atoms with Crippen LogP contribution in [-0.4, -0.2) is 43.5 Å². The summed E-state index contributed by atoms with van der Waals surface area (Å²) >= 11 is 0. The van der Waals surface area contributed by atoms with Crippen LogP contribution >= 0.6 is 0 Å². The average Bonchev–Trinajstić information content (AvgIpc) is 2.81. The first-order chi connectivity index (χ1) is 17.3. The number of aromatic hydroxyl groups is 1. The molecular formula is C29H29NO7. The average molecular weight is 504 g/mol. The second-order valence-corrected chi connectivity index (χ2v) is 11.0. The van der Waals surface area contributed by atoms with Crippen LogP contribution in [0.3, 0.4) is 0 Å². The lowest BCUT2D eigenvalue weighted by Crippen LogP contribution is -2.65. The molecule has 192 valence electrons. The molecule has 0 unspecified atom stereocenters. The SMILES string of the molecule is C[C@@]12Cc3c(CCc4ccccc4)ccc(O)c3C(O)=C1C(=O)[C@]1(O)C(O)=C(C(N)=O)C(=O)C[C@]1(C)C2. The van der Waals surface area contributed by atoms with Gasteiger partial charge in [-0.05, 0) is 48.4 Å². The minimum absolute atomic E-state index is 0.0523. The molecule has 3 aliphatic rings. The van der Waals surface area contributed by atoms with Crippen molar-refractivity contribution in [3.8, 4) is 5.75 Å². The molecule has 0 aliphatic heterocycles. The molecule has 8 heteroatoms. The molecule has 2 aromatic rings. The highest BCUT2D eigenvalue weighted by Crippen LogP contribution is 2.62. The van der Waals surface area contributed by atoms with E-state index in [0.29, 0.717) is 12.0 Å². The molecule has 0 radical (unpaired) electrons. The van der Waals surface area contributed by atoms with Gasteiger partial charge in [0, 0.05) is 22.8 Å². The summed E-state index contributed by atoms with van der Waals surface area (Å²) in [6.45, 7) is 3.29. The minimum atomic E-state index is -2.63. The maximum atomic E-state index is 13.9. The first-order valence-electron chi connectivity index (χ1n) is 12.2. The van der Waals surface area contributed by atoms with E-state index in [1.165, 1.54) is 13.0 Å². The van der Waals surface area contributed by atoms with Gasteiger partial charge in [-0.3, -0.25) is 14.4 Å². The number of aliphatic hydroxyl groups is 3. The van der Waals surface area contributed by atoms with Gasteiger partial charge in [0.25, 0.3) is 5.91 Å². The van der Waals surface area contributed by atoms with E-state index in [0.717, 1.165) is 17.5 Å². The van der Waals surface area contributed by atoms with Crippen LogP contribution in [0.25, 0.3) is 5.76 Å². The van der Waals surface area contributed by atoms with Gasteiger partial charge >= 0.3 is 0 Å². The van der Waals surface area contributed by atoms with Gasteiger partial charge in [0.05, 0.1) is 5.56 Å². The van der Waals surface area contributed by atoms with Crippen LogP contribution in [-0.2, 0) is 33.6 Å². The Morgan fingerprint density at radius 1 is 0.973 bits per heavy atom. The summed E-state index contributed by atoms with van der Waals surface area (Å²) < 4.78 is 0. The number of carbonyl (C=O) groups excluding carboxylic acids is 3.